The first-order valence-electron chi connectivity index (χ1n) is 16.5. The Balaban J connectivity index is -0.000000397. The van der Waals surface area contributed by atoms with Crippen LogP contribution in [0.1, 0.15) is 115 Å². The molecule has 0 amide bonds. The SMILES string of the molecule is C1CCNCC1.C1CNCCN1.C1COCCN1.CC(C)(C)N1CCCC1.CC(C)C.CC(C)C.CC(C)C. The molecule has 0 unspecified atom stereocenters. The van der Waals surface area contributed by atoms with Crippen molar-refractivity contribution in [2.75, 3.05) is 78.7 Å². The van der Waals surface area contributed by atoms with E-state index in [1.807, 2.05) is 0 Å². The second-order valence-corrected chi connectivity index (χ2v) is 13.7. The van der Waals surface area contributed by atoms with Gasteiger partial charge in [-0.2, -0.15) is 0 Å². The molecule has 4 saturated heterocycles. The molecule has 0 aromatic rings. The van der Waals surface area contributed by atoms with Crippen molar-refractivity contribution in [1.82, 2.24) is 26.2 Å². The first-order valence-corrected chi connectivity index (χ1v) is 16.5. The highest BCUT2D eigenvalue weighted by Crippen LogP contribution is 2.19. The predicted octanol–water partition coefficient (Wildman–Crippen LogP) is 6.41. The van der Waals surface area contributed by atoms with Crippen LogP contribution < -0.4 is 21.3 Å². The Labute approximate surface area is 248 Å². The maximum absolute atomic E-state index is 5.01. The summed E-state index contributed by atoms with van der Waals surface area (Å²) in [5, 5.41) is 12.9. The van der Waals surface area contributed by atoms with Crippen molar-refractivity contribution < 1.29 is 4.74 Å². The largest absolute Gasteiger partial charge is 0.379 e. The fourth-order valence-corrected chi connectivity index (χ4v) is 3.31. The number of rotatable bonds is 0. The van der Waals surface area contributed by atoms with E-state index in [-0.39, 0.29) is 0 Å². The molecule has 39 heavy (non-hydrogen) atoms. The van der Waals surface area contributed by atoms with Gasteiger partial charge in [0.05, 0.1) is 13.2 Å². The lowest BCUT2D eigenvalue weighted by atomic mass is 10.1. The molecule has 4 fully saturated rings. The monoisotopic (exact) mass is 560 g/mol. The molecule has 0 bridgehead atoms. The Morgan fingerprint density at radius 2 is 0.769 bits per heavy atom. The molecule has 0 radical (unpaired) electrons. The maximum Gasteiger partial charge on any atom is 0.0591 e. The summed E-state index contributed by atoms with van der Waals surface area (Å²) >= 11 is 0. The highest BCUT2D eigenvalue weighted by Gasteiger charge is 2.23. The van der Waals surface area contributed by atoms with E-state index >= 15 is 0 Å². The lowest BCUT2D eigenvalue weighted by molar-refractivity contribution is 0.109. The quantitative estimate of drug-likeness (QED) is 0.275. The van der Waals surface area contributed by atoms with Gasteiger partial charge in [-0.05, 0) is 90.4 Å². The number of hydrogen-bond acceptors (Lipinski definition) is 6. The minimum Gasteiger partial charge on any atom is -0.379 e. The van der Waals surface area contributed by atoms with Crippen LogP contribution in [0.25, 0.3) is 0 Å². The van der Waals surface area contributed by atoms with Crippen molar-refractivity contribution >= 4 is 0 Å². The van der Waals surface area contributed by atoms with Crippen molar-refractivity contribution in [2.45, 2.75) is 121 Å². The van der Waals surface area contributed by atoms with Gasteiger partial charge in [0.15, 0.2) is 0 Å². The van der Waals surface area contributed by atoms with Crippen molar-refractivity contribution in [1.29, 1.82) is 0 Å². The standard InChI is InChI=1S/C8H17N.C5H11N.C4H10N2.C4H9NO.3C4H10/c1-8(2,3)9-6-4-5-7-9;1-2-4-6-5-3-1;1-2-6-4-3-5-1;1-3-6-4-2-5-1;3*1-4(2)3/h4-7H2,1-3H3;6H,1-5H2;5-6H,1-4H2;5H,1-4H2;3*4H,1-3H3. The van der Waals surface area contributed by atoms with E-state index in [2.05, 4.69) is 109 Å². The third-order valence-electron chi connectivity index (χ3n) is 5.07. The predicted molar refractivity (Wildman–Crippen MR) is 178 cm³/mol. The summed E-state index contributed by atoms with van der Waals surface area (Å²) in [4.78, 5) is 2.55. The van der Waals surface area contributed by atoms with Gasteiger partial charge >= 0.3 is 0 Å². The lowest BCUT2D eigenvalue weighted by Gasteiger charge is -2.31. The molecule has 0 saturated carbocycles. The molecule has 4 aliphatic rings. The summed E-state index contributed by atoms with van der Waals surface area (Å²) in [5.41, 5.74) is 0.413. The Morgan fingerprint density at radius 3 is 0.897 bits per heavy atom. The highest BCUT2D eigenvalue weighted by molar-refractivity contribution is 4.79. The van der Waals surface area contributed by atoms with Gasteiger partial charge in [-0.25, -0.2) is 0 Å². The van der Waals surface area contributed by atoms with Crippen molar-refractivity contribution in [3.8, 4) is 0 Å². The summed E-state index contributed by atoms with van der Waals surface area (Å²) in [6.45, 7) is 39.9. The Kier molecular flexibility index (Phi) is 35.8. The average molecular weight is 560 g/mol. The molecule has 0 aliphatic carbocycles. The minimum atomic E-state index is 0.413. The third-order valence-corrected chi connectivity index (χ3v) is 5.07. The zero-order valence-corrected chi connectivity index (χ0v) is 29.1. The van der Waals surface area contributed by atoms with Crippen LogP contribution in [-0.4, -0.2) is 89.1 Å². The van der Waals surface area contributed by atoms with Gasteiger partial charge in [0.25, 0.3) is 0 Å². The number of likely N-dealkylation sites (tertiary alicyclic amines) is 1. The van der Waals surface area contributed by atoms with Gasteiger partial charge in [-0.15, -0.1) is 0 Å². The molecular formula is C33H77N5O. The highest BCUT2D eigenvalue weighted by atomic mass is 16.5. The van der Waals surface area contributed by atoms with Gasteiger partial charge in [-0.1, -0.05) is 68.7 Å². The number of nitrogens with one attached hydrogen (secondary N) is 4. The van der Waals surface area contributed by atoms with E-state index in [9.17, 15) is 0 Å². The van der Waals surface area contributed by atoms with Crippen LogP contribution in [0.4, 0.5) is 0 Å². The zero-order valence-electron chi connectivity index (χ0n) is 29.1. The van der Waals surface area contributed by atoms with E-state index in [0.29, 0.717) is 5.54 Å². The van der Waals surface area contributed by atoms with E-state index in [0.717, 1.165) is 70.2 Å². The van der Waals surface area contributed by atoms with Gasteiger partial charge in [0.1, 0.15) is 0 Å². The number of nitrogens with zero attached hydrogens (tertiary/aromatic N) is 1. The topological polar surface area (TPSA) is 60.6 Å². The molecule has 4 heterocycles. The number of morpholine rings is 1. The second kappa shape index (κ2) is 32.3. The molecule has 4 aliphatic heterocycles. The first-order chi connectivity index (χ1) is 18.3. The van der Waals surface area contributed by atoms with Crippen LogP contribution in [0.5, 0.6) is 0 Å². The van der Waals surface area contributed by atoms with Crippen molar-refractivity contribution in [3.05, 3.63) is 0 Å². The molecule has 0 spiro atoms. The van der Waals surface area contributed by atoms with E-state index in [1.165, 1.54) is 58.3 Å². The number of hydrogen-bond donors (Lipinski definition) is 4. The first kappa shape index (κ1) is 43.2. The number of ether oxygens (including phenoxy) is 1. The zero-order chi connectivity index (χ0) is 30.4. The smallest absolute Gasteiger partial charge is 0.0591 e. The maximum atomic E-state index is 5.01. The third kappa shape index (κ3) is 51.0. The van der Waals surface area contributed by atoms with Gasteiger partial charge in [0.2, 0.25) is 0 Å². The van der Waals surface area contributed by atoms with Crippen molar-refractivity contribution in [3.63, 3.8) is 0 Å². The Hall–Kier alpha value is -0.240. The molecule has 240 valence electrons. The van der Waals surface area contributed by atoms with Gasteiger partial charge < -0.3 is 26.0 Å². The molecule has 4 N–H and O–H groups in total. The number of piperazine rings is 1. The van der Waals surface area contributed by atoms with Gasteiger partial charge in [-0.3, -0.25) is 4.90 Å². The Morgan fingerprint density at radius 1 is 0.462 bits per heavy atom. The van der Waals surface area contributed by atoms with Crippen LogP contribution in [0.2, 0.25) is 0 Å². The van der Waals surface area contributed by atoms with Crippen molar-refractivity contribution in [2.24, 2.45) is 17.8 Å². The van der Waals surface area contributed by atoms with Crippen LogP contribution in [-0.2, 0) is 4.74 Å². The fourth-order valence-electron chi connectivity index (χ4n) is 3.31. The fraction of sp³-hybridized carbons (Fsp3) is 1.00. The number of piperidine rings is 1. The summed E-state index contributed by atoms with van der Waals surface area (Å²) in [5.74, 6) is 2.50. The summed E-state index contributed by atoms with van der Waals surface area (Å²) in [6.07, 6.45) is 7.02. The minimum absolute atomic E-state index is 0.413. The summed E-state index contributed by atoms with van der Waals surface area (Å²) in [6, 6.07) is 0. The van der Waals surface area contributed by atoms with E-state index < -0.39 is 0 Å². The van der Waals surface area contributed by atoms with Gasteiger partial charge in [0, 0.05) is 44.8 Å². The van der Waals surface area contributed by atoms with Crippen LogP contribution in [0, 0.1) is 17.8 Å². The molecule has 4 rings (SSSR count). The van der Waals surface area contributed by atoms with E-state index in [4.69, 9.17) is 4.74 Å². The van der Waals surface area contributed by atoms with Crippen LogP contribution >= 0.6 is 0 Å². The lowest BCUT2D eigenvalue weighted by Crippen LogP contribution is -2.39. The molecule has 6 nitrogen and oxygen atoms in total. The molecule has 0 aromatic carbocycles. The van der Waals surface area contributed by atoms with Crippen LogP contribution in [0.3, 0.4) is 0 Å². The Bertz CT molecular complexity index is 335. The molecular weight excluding hydrogens is 482 g/mol. The summed E-state index contributed by atoms with van der Waals surface area (Å²) < 4.78 is 5.01. The summed E-state index contributed by atoms with van der Waals surface area (Å²) in [7, 11) is 0. The second-order valence-electron chi connectivity index (χ2n) is 13.7. The van der Waals surface area contributed by atoms with E-state index in [1.54, 1.807) is 0 Å². The van der Waals surface area contributed by atoms with Crippen LogP contribution in [0.15, 0.2) is 0 Å². The molecule has 6 heteroatoms. The normalized spacial score (nSPS) is 19.2. The molecule has 0 atom stereocenters. The average Bonchev–Trinajstić information content (AvgIpc) is 3.44. The molecule has 0 aromatic heterocycles.